The van der Waals surface area contributed by atoms with Gasteiger partial charge in [0.1, 0.15) is 0 Å². The molecule has 1 aliphatic carbocycles. The van der Waals surface area contributed by atoms with Crippen LogP contribution in [0.15, 0.2) is 54.1 Å². The first kappa shape index (κ1) is 15.8. The van der Waals surface area contributed by atoms with E-state index in [0.717, 1.165) is 5.56 Å². The first-order valence-electron chi connectivity index (χ1n) is 6.97. The summed E-state index contributed by atoms with van der Waals surface area (Å²) < 4.78 is 0. The summed E-state index contributed by atoms with van der Waals surface area (Å²) in [7, 11) is 0. The van der Waals surface area contributed by atoms with Gasteiger partial charge < -0.3 is 10.2 Å². The summed E-state index contributed by atoms with van der Waals surface area (Å²) in [6, 6.07) is 7.34. The van der Waals surface area contributed by atoms with Crippen molar-refractivity contribution in [3.05, 3.63) is 65.3 Å². The number of carbonyl (C=O) groups is 2. The third kappa shape index (κ3) is 2.17. The van der Waals surface area contributed by atoms with E-state index in [9.17, 15) is 19.8 Å². The molecule has 0 heterocycles. The molecule has 2 rings (SSSR count). The van der Waals surface area contributed by atoms with Crippen LogP contribution in [0.1, 0.15) is 31.4 Å². The van der Waals surface area contributed by atoms with Crippen LogP contribution in [0.4, 0.5) is 0 Å². The molecule has 1 aliphatic rings. The predicted molar refractivity (Wildman–Crippen MR) is 84.6 cm³/mol. The topological polar surface area (TPSA) is 74.6 Å². The zero-order chi connectivity index (χ0) is 16.5. The van der Waals surface area contributed by atoms with Crippen LogP contribution in [0.5, 0.6) is 0 Å². The molecular weight excluding hydrogens is 280 g/mol. The molecule has 1 aromatic rings. The fourth-order valence-electron chi connectivity index (χ4n) is 3.29. The number of allylic oxidation sites excluding steroid dienone is 4. The SMILES string of the molecule is C=CCC1(C)/C(=C\C)C(=C(C(=O)O)C(=O)O)c2ccccc21. The minimum Gasteiger partial charge on any atom is -0.477 e. The molecule has 1 aromatic carbocycles. The van der Waals surface area contributed by atoms with Gasteiger partial charge in [0.25, 0.3) is 0 Å². The number of hydrogen-bond acceptors (Lipinski definition) is 2. The van der Waals surface area contributed by atoms with Crippen LogP contribution in [0, 0.1) is 0 Å². The van der Waals surface area contributed by atoms with Gasteiger partial charge in [0, 0.05) is 11.0 Å². The van der Waals surface area contributed by atoms with E-state index in [4.69, 9.17) is 0 Å². The van der Waals surface area contributed by atoms with Crippen LogP contribution >= 0.6 is 0 Å². The molecule has 1 atom stereocenters. The quantitative estimate of drug-likeness (QED) is 0.386. The zero-order valence-electron chi connectivity index (χ0n) is 12.6. The van der Waals surface area contributed by atoms with Gasteiger partial charge in [-0.15, -0.1) is 6.58 Å². The van der Waals surface area contributed by atoms with E-state index in [-0.39, 0.29) is 0 Å². The van der Waals surface area contributed by atoms with Crippen molar-refractivity contribution in [2.45, 2.75) is 25.7 Å². The van der Waals surface area contributed by atoms with Crippen molar-refractivity contribution in [1.82, 2.24) is 0 Å². The highest BCUT2D eigenvalue weighted by molar-refractivity contribution is 6.21. The molecule has 4 nitrogen and oxygen atoms in total. The summed E-state index contributed by atoms with van der Waals surface area (Å²) in [5, 5.41) is 18.7. The molecule has 0 bridgehead atoms. The number of aliphatic carboxylic acids is 2. The van der Waals surface area contributed by atoms with E-state index >= 15 is 0 Å². The van der Waals surface area contributed by atoms with Gasteiger partial charge >= 0.3 is 11.9 Å². The summed E-state index contributed by atoms with van der Waals surface area (Å²) in [4.78, 5) is 23.0. The van der Waals surface area contributed by atoms with E-state index in [1.165, 1.54) is 0 Å². The summed E-state index contributed by atoms with van der Waals surface area (Å²) in [6.45, 7) is 7.55. The second kappa shape index (κ2) is 5.64. The highest BCUT2D eigenvalue weighted by atomic mass is 16.4. The molecule has 0 amide bonds. The Balaban J connectivity index is 2.93. The molecule has 0 aromatic heterocycles. The van der Waals surface area contributed by atoms with E-state index in [1.807, 2.05) is 19.1 Å². The van der Waals surface area contributed by atoms with E-state index < -0.39 is 22.9 Å². The Labute approximate surface area is 129 Å². The van der Waals surface area contributed by atoms with E-state index in [2.05, 4.69) is 6.58 Å². The summed E-state index contributed by atoms with van der Waals surface area (Å²) in [6.07, 6.45) is 4.16. The van der Waals surface area contributed by atoms with Crippen molar-refractivity contribution in [3.8, 4) is 0 Å². The first-order valence-corrected chi connectivity index (χ1v) is 6.97. The van der Waals surface area contributed by atoms with E-state index in [0.29, 0.717) is 23.1 Å². The lowest BCUT2D eigenvalue weighted by atomic mass is 9.76. The Hall–Kier alpha value is -2.62. The molecule has 0 saturated heterocycles. The highest BCUT2D eigenvalue weighted by Gasteiger charge is 2.43. The van der Waals surface area contributed by atoms with Crippen molar-refractivity contribution < 1.29 is 19.8 Å². The van der Waals surface area contributed by atoms with Crippen molar-refractivity contribution in [1.29, 1.82) is 0 Å². The molecule has 0 radical (unpaired) electrons. The van der Waals surface area contributed by atoms with Gasteiger partial charge in [-0.2, -0.15) is 0 Å². The molecule has 0 saturated carbocycles. The molecule has 114 valence electrons. The number of fused-ring (bicyclic) bond motifs is 1. The molecule has 4 heteroatoms. The molecule has 2 N–H and O–H groups in total. The maximum Gasteiger partial charge on any atom is 0.343 e. The number of benzene rings is 1. The number of rotatable bonds is 4. The molecular formula is C18H18O4. The molecule has 0 aliphatic heterocycles. The zero-order valence-corrected chi connectivity index (χ0v) is 12.6. The maximum absolute atomic E-state index is 11.5. The summed E-state index contributed by atoms with van der Waals surface area (Å²) in [5.41, 5.74) is 1.54. The lowest BCUT2D eigenvalue weighted by Crippen LogP contribution is -2.21. The Morgan fingerprint density at radius 2 is 1.82 bits per heavy atom. The second-order valence-corrected chi connectivity index (χ2v) is 5.43. The van der Waals surface area contributed by atoms with Crippen molar-refractivity contribution in [3.63, 3.8) is 0 Å². The average molecular weight is 298 g/mol. The lowest BCUT2D eigenvalue weighted by molar-refractivity contribution is -0.140. The summed E-state index contributed by atoms with van der Waals surface area (Å²) >= 11 is 0. The lowest BCUT2D eigenvalue weighted by Gasteiger charge is -2.26. The Kier molecular flexibility index (Phi) is 4.04. The van der Waals surface area contributed by atoms with Gasteiger partial charge in [0.2, 0.25) is 0 Å². The van der Waals surface area contributed by atoms with Crippen LogP contribution in [0.2, 0.25) is 0 Å². The van der Waals surface area contributed by atoms with Crippen molar-refractivity contribution in [2.75, 3.05) is 0 Å². The third-order valence-corrected chi connectivity index (χ3v) is 4.17. The Bertz CT molecular complexity index is 708. The largest absolute Gasteiger partial charge is 0.477 e. The van der Waals surface area contributed by atoms with Gasteiger partial charge in [0.05, 0.1) is 0 Å². The van der Waals surface area contributed by atoms with E-state index in [1.54, 1.807) is 31.2 Å². The number of carboxylic acids is 2. The fraction of sp³-hybridized carbons (Fsp3) is 0.222. The Morgan fingerprint density at radius 3 is 2.32 bits per heavy atom. The van der Waals surface area contributed by atoms with Gasteiger partial charge in [-0.3, -0.25) is 0 Å². The summed E-state index contributed by atoms with van der Waals surface area (Å²) in [5.74, 6) is -2.86. The Morgan fingerprint density at radius 1 is 1.23 bits per heavy atom. The van der Waals surface area contributed by atoms with Gasteiger partial charge in [0.15, 0.2) is 5.57 Å². The highest BCUT2D eigenvalue weighted by Crippen LogP contribution is 2.52. The minimum atomic E-state index is -1.43. The second-order valence-electron chi connectivity index (χ2n) is 5.43. The van der Waals surface area contributed by atoms with Gasteiger partial charge in [-0.05, 0) is 30.0 Å². The number of hydrogen-bond donors (Lipinski definition) is 2. The molecule has 22 heavy (non-hydrogen) atoms. The van der Waals surface area contributed by atoms with Crippen LogP contribution in [0.3, 0.4) is 0 Å². The molecule has 0 spiro atoms. The van der Waals surface area contributed by atoms with Crippen molar-refractivity contribution >= 4 is 17.5 Å². The molecule has 0 fully saturated rings. The van der Waals surface area contributed by atoms with Crippen LogP contribution in [0.25, 0.3) is 5.57 Å². The van der Waals surface area contributed by atoms with Gasteiger partial charge in [-0.1, -0.05) is 43.3 Å². The smallest absolute Gasteiger partial charge is 0.343 e. The van der Waals surface area contributed by atoms with Gasteiger partial charge in [-0.25, -0.2) is 9.59 Å². The predicted octanol–water partition coefficient (Wildman–Crippen LogP) is 3.40. The normalized spacial score (nSPS) is 21.5. The average Bonchev–Trinajstić information content (AvgIpc) is 2.69. The van der Waals surface area contributed by atoms with Crippen LogP contribution < -0.4 is 0 Å². The maximum atomic E-state index is 11.5. The standard InChI is InChI=1S/C18H18O4/c1-4-10-18(3)12(5-2)14(15(16(19)20)17(21)22)11-8-6-7-9-13(11)18/h4-9H,1,10H2,2-3H3,(H,19,20)(H,21,22)/b12-5-. The first-order chi connectivity index (χ1) is 10.4. The third-order valence-electron chi connectivity index (χ3n) is 4.17. The number of carboxylic acid groups (broad SMARTS) is 2. The van der Waals surface area contributed by atoms with Crippen LogP contribution in [-0.2, 0) is 15.0 Å². The minimum absolute atomic E-state index is 0.294. The monoisotopic (exact) mass is 298 g/mol. The fourth-order valence-corrected chi connectivity index (χ4v) is 3.29. The van der Waals surface area contributed by atoms with Crippen molar-refractivity contribution in [2.24, 2.45) is 0 Å². The molecule has 1 unspecified atom stereocenters. The van der Waals surface area contributed by atoms with Crippen LogP contribution in [-0.4, -0.2) is 22.2 Å².